The lowest BCUT2D eigenvalue weighted by atomic mass is 10.1. The van der Waals surface area contributed by atoms with Crippen molar-refractivity contribution >= 4 is 9.84 Å². The van der Waals surface area contributed by atoms with Crippen molar-refractivity contribution < 1.29 is 18.3 Å². The minimum Gasteiger partial charge on any atom is -0.504 e. The standard InChI is InChI=1S/C11H17NO4S/c1-3-16-11-6-8(4-5-10(11)13)9(12)7-17(2,14)15/h4-6,9,13H,3,7,12H2,1-2H3. The number of phenolic OH excluding ortho intramolecular Hbond substituents is 1. The second-order valence-corrected chi connectivity index (χ2v) is 6.04. The third-order valence-corrected chi connectivity index (χ3v) is 3.16. The zero-order valence-electron chi connectivity index (χ0n) is 9.88. The first-order chi connectivity index (χ1) is 7.83. The smallest absolute Gasteiger partial charge is 0.161 e. The number of sulfone groups is 1. The Hall–Kier alpha value is -1.27. The van der Waals surface area contributed by atoms with Crippen molar-refractivity contribution in [3.8, 4) is 11.5 Å². The summed E-state index contributed by atoms with van der Waals surface area (Å²) in [4.78, 5) is 0. The lowest BCUT2D eigenvalue weighted by molar-refractivity contribution is 0.317. The monoisotopic (exact) mass is 259 g/mol. The summed E-state index contributed by atoms with van der Waals surface area (Å²) >= 11 is 0. The molecule has 17 heavy (non-hydrogen) atoms. The van der Waals surface area contributed by atoms with Gasteiger partial charge in [-0.3, -0.25) is 0 Å². The molecule has 1 aromatic carbocycles. The number of benzene rings is 1. The van der Waals surface area contributed by atoms with Gasteiger partial charge in [-0.25, -0.2) is 8.42 Å². The molecule has 3 N–H and O–H groups in total. The van der Waals surface area contributed by atoms with E-state index >= 15 is 0 Å². The number of hydrogen-bond donors (Lipinski definition) is 2. The molecular formula is C11H17NO4S. The van der Waals surface area contributed by atoms with E-state index in [0.29, 0.717) is 17.9 Å². The highest BCUT2D eigenvalue weighted by molar-refractivity contribution is 7.90. The lowest BCUT2D eigenvalue weighted by Gasteiger charge is -2.13. The second-order valence-electron chi connectivity index (χ2n) is 3.86. The first kappa shape index (κ1) is 13.8. The molecule has 0 bridgehead atoms. The summed E-state index contributed by atoms with van der Waals surface area (Å²) in [7, 11) is -3.14. The van der Waals surface area contributed by atoms with Crippen LogP contribution in [0.25, 0.3) is 0 Å². The van der Waals surface area contributed by atoms with E-state index in [1.54, 1.807) is 19.1 Å². The first-order valence-corrected chi connectivity index (χ1v) is 7.28. The van der Waals surface area contributed by atoms with Crippen LogP contribution in [0, 0.1) is 0 Å². The van der Waals surface area contributed by atoms with Gasteiger partial charge < -0.3 is 15.6 Å². The molecule has 0 aliphatic carbocycles. The minimum atomic E-state index is -3.14. The van der Waals surface area contributed by atoms with E-state index in [-0.39, 0.29) is 11.5 Å². The van der Waals surface area contributed by atoms with Gasteiger partial charge >= 0.3 is 0 Å². The number of phenols is 1. The van der Waals surface area contributed by atoms with Crippen LogP contribution < -0.4 is 10.5 Å². The molecule has 0 aliphatic heterocycles. The number of nitrogens with two attached hydrogens (primary N) is 1. The fraction of sp³-hybridized carbons (Fsp3) is 0.455. The minimum absolute atomic E-state index is 0.0159. The van der Waals surface area contributed by atoms with Crippen molar-refractivity contribution in [3.05, 3.63) is 23.8 Å². The van der Waals surface area contributed by atoms with Crippen LogP contribution in [0.2, 0.25) is 0 Å². The molecule has 96 valence electrons. The fourth-order valence-corrected chi connectivity index (χ4v) is 2.30. The van der Waals surface area contributed by atoms with Gasteiger partial charge in [0.2, 0.25) is 0 Å². The Morgan fingerprint density at radius 3 is 2.65 bits per heavy atom. The third kappa shape index (κ3) is 4.24. The molecule has 0 saturated heterocycles. The summed E-state index contributed by atoms with van der Waals surface area (Å²) in [6.07, 6.45) is 1.14. The molecule has 0 aromatic heterocycles. The molecule has 1 aromatic rings. The molecule has 0 radical (unpaired) electrons. The van der Waals surface area contributed by atoms with E-state index in [2.05, 4.69) is 0 Å². The van der Waals surface area contributed by atoms with E-state index < -0.39 is 15.9 Å². The van der Waals surface area contributed by atoms with E-state index in [0.717, 1.165) is 6.26 Å². The molecule has 0 aliphatic rings. The molecular weight excluding hydrogens is 242 g/mol. The molecule has 0 amide bonds. The highest BCUT2D eigenvalue weighted by Gasteiger charge is 2.15. The Morgan fingerprint density at radius 2 is 2.12 bits per heavy atom. The molecule has 0 fully saturated rings. The van der Waals surface area contributed by atoms with Crippen LogP contribution in [0.3, 0.4) is 0 Å². The van der Waals surface area contributed by atoms with Gasteiger partial charge in [0, 0.05) is 12.3 Å². The van der Waals surface area contributed by atoms with Gasteiger partial charge in [0.1, 0.15) is 9.84 Å². The molecule has 0 spiro atoms. The predicted octanol–water partition coefficient (Wildman–Crippen LogP) is 0.835. The summed E-state index contributed by atoms with van der Waals surface area (Å²) in [5.41, 5.74) is 6.40. The molecule has 1 atom stereocenters. The second kappa shape index (κ2) is 5.37. The highest BCUT2D eigenvalue weighted by atomic mass is 32.2. The van der Waals surface area contributed by atoms with E-state index in [1.165, 1.54) is 6.07 Å². The first-order valence-electron chi connectivity index (χ1n) is 5.22. The largest absolute Gasteiger partial charge is 0.504 e. The van der Waals surface area contributed by atoms with Gasteiger partial charge in [0.05, 0.1) is 12.4 Å². The number of hydrogen-bond acceptors (Lipinski definition) is 5. The van der Waals surface area contributed by atoms with Crippen LogP contribution in [0.15, 0.2) is 18.2 Å². The third-order valence-electron chi connectivity index (χ3n) is 2.19. The molecule has 1 unspecified atom stereocenters. The van der Waals surface area contributed by atoms with Crippen molar-refractivity contribution in [2.75, 3.05) is 18.6 Å². The molecule has 1 rings (SSSR count). The van der Waals surface area contributed by atoms with Gasteiger partial charge in [-0.1, -0.05) is 6.07 Å². The van der Waals surface area contributed by atoms with Crippen LogP contribution in [0.1, 0.15) is 18.5 Å². The average molecular weight is 259 g/mol. The normalized spacial score (nSPS) is 13.4. The molecule has 0 heterocycles. The fourth-order valence-electron chi connectivity index (χ4n) is 1.45. The SMILES string of the molecule is CCOc1cc(C(N)CS(C)(=O)=O)ccc1O. The topological polar surface area (TPSA) is 89.6 Å². The Bertz CT molecular complexity index is 484. The van der Waals surface area contributed by atoms with Crippen molar-refractivity contribution in [3.63, 3.8) is 0 Å². The van der Waals surface area contributed by atoms with Gasteiger partial charge in [0.15, 0.2) is 11.5 Å². The molecule has 6 heteroatoms. The Kier molecular flexibility index (Phi) is 4.36. The van der Waals surface area contributed by atoms with Crippen LogP contribution >= 0.6 is 0 Å². The summed E-state index contributed by atoms with van der Waals surface area (Å²) < 4.78 is 27.5. The van der Waals surface area contributed by atoms with E-state index in [9.17, 15) is 13.5 Å². The predicted molar refractivity (Wildman–Crippen MR) is 65.9 cm³/mol. The van der Waals surface area contributed by atoms with Crippen LogP contribution in [-0.4, -0.2) is 32.1 Å². The number of rotatable bonds is 5. The van der Waals surface area contributed by atoms with Gasteiger partial charge in [-0.05, 0) is 24.6 Å². The summed E-state index contributed by atoms with van der Waals surface area (Å²) in [6.45, 7) is 2.21. The number of ether oxygens (including phenoxy) is 1. The summed E-state index contributed by atoms with van der Waals surface area (Å²) in [5.74, 6) is 0.194. The summed E-state index contributed by atoms with van der Waals surface area (Å²) in [6, 6.07) is 3.98. The van der Waals surface area contributed by atoms with Gasteiger partial charge in [-0.2, -0.15) is 0 Å². The van der Waals surface area contributed by atoms with Crippen molar-refractivity contribution in [2.24, 2.45) is 5.73 Å². The zero-order chi connectivity index (χ0) is 13.1. The number of aromatic hydroxyl groups is 1. The summed E-state index contributed by atoms with van der Waals surface area (Å²) in [5, 5.41) is 9.50. The maximum atomic E-state index is 11.1. The average Bonchev–Trinajstić information content (AvgIpc) is 2.19. The Morgan fingerprint density at radius 1 is 1.47 bits per heavy atom. The van der Waals surface area contributed by atoms with Gasteiger partial charge in [0.25, 0.3) is 0 Å². The maximum Gasteiger partial charge on any atom is 0.161 e. The molecule has 0 saturated carbocycles. The van der Waals surface area contributed by atoms with Crippen molar-refractivity contribution in [2.45, 2.75) is 13.0 Å². The maximum absolute atomic E-state index is 11.1. The Balaban J connectivity index is 2.95. The van der Waals surface area contributed by atoms with Crippen LogP contribution in [0.4, 0.5) is 0 Å². The van der Waals surface area contributed by atoms with Crippen LogP contribution in [0.5, 0.6) is 11.5 Å². The quantitative estimate of drug-likeness (QED) is 0.817. The highest BCUT2D eigenvalue weighted by Crippen LogP contribution is 2.29. The van der Waals surface area contributed by atoms with Crippen molar-refractivity contribution in [1.82, 2.24) is 0 Å². The lowest BCUT2D eigenvalue weighted by Crippen LogP contribution is -2.20. The zero-order valence-corrected chi connectivity index (χ0v) is 10.7. The van der Waals surface area contributed by atoms with E-state index in [4.69, 9.17) is 10.5 Å². The molecule has 5 nitrogen and oxygen atoms in total. The van der Waals surface area contributed by atoms with Gasteiger partial charge in [-0.15, -0.1) is 0 Å². The van der Waals surface area contributed by atoms with E-state index in [1.807, 2.05) is 0 Å². The van der Waals surface area contributed by atoms with Crippen LogP contribution in [-0.2, 0) is 9.84 Å². The van der Waals surface area contributed by atoms with Crippen molar-refractivity contribution in [1.29, 1.82) is 0 Å². The Labute approximate surface area is 101 Å².